The summed E-state index contributed by atoms with van der Waals surface area (Å²) in [7, 11) is -0.929. The largest absolute Gasteiger partial charge is 0.573 e. The Bertz CT molecular complexity index is 747. The fourth-order valence-corrected chi connectivity index (χ4v) is 3.18. The highest BCUT2D eigenvalue weighted by Crippen LogP contribution is 2.37. The fraction of sp³-hybridized carbons (Fsp3) is 0.632. The molecule has 2 saturated heterocycles. The van der Waals surface area contributed by atoms with Crippen LogP contribution in [0.25, 0.3) is 0 Å². The molecule has 0 bridgehead atoms. The number of carbonyl (C=O) groups is 1. The first-order valence-corrected chi connectivity index (χ1v) is 9.51. The number of ether oxygens (including phenoxy) is 2. The van der Waals surface area contributed by atoms with E-state index in [0.717, 1.165) is 18.9 Å². The molecule has 0 spiro atoms. The smallest absolute Gasteiger partial charge is 0.406 e. The maximum atomic E-state index is 12.8. The van der Waals surface area contributed by atoms with Gasteiger partial charge in [-0.2, -0.15) is 0 Å². The summed E-state index contributed by atoms with van der Waals surface area (Å²) in [5.41, 5.74) is -1.06. The number of amides is 1. The van der Waals surface area contributed by atoms with Crippen molar-refractivity contribution >= 4 is 18.5 Å². The number of halogens is 3. The van der Waals surface area contributed by atoms with Crippen molar-refractivity contribution in [3.63, 3.8) is 0 Å². The number of rotatable bonds is 4. The molecule has 6 nitrogen and oxygen atoms in total. The summed E-state index contributed by atoms with van der Waals surface area (Å²) >= 11 is 0. The Hall–Kier alpha value is -1.78. The van der Waals surface area contributed by atoms with Gasteiger partial charge in [0.1, 0.15) is 5.75 Å². The Morgan fingerprint density at radius 3 is 2.38 bits per heavy atom. The molecule has 1 amide bonds. The highest BCUT2D eigenvalue weighted by Gasteiger charge is 2.52. The summed E-state index contributed by atoms with van der Waals surface area (Å²) in [6.45, 7) is 8.33. The van der Waals surface area contributed by atoms with E-state index in [4.69, 9.17) is 14.0 Å². The van der Waals surface area contributed by atoms with Crippen LogP contribution in [0.1, 0.15) is 50.9 Å². The van der Waals surface area contributed by atoms with Crippen molar-refractivity contribution < 1.29 is 36.7 Å². The quantitative estimate of drug-likeness (QED) is 0.767. The van der Waals surface area contributed by atoms with E-state index in [1.807, 2.05) is 27.7 Å². The van der Waals surface area contributed by atoms with Crippen LogP contribution in [0.15, 0.2) is 18.2 Å². The van der Waals surface area contributed by atoms with Gasteiger partial charge in [0.25, 0.3) is 5.91 Å². The lowest BCUT2D eigenvalue weighted by molar-refractivity contribution is -0.274. The lowest BCUT2D eigenvalue weighted by Crippen LogP contribution is -2.41. The molecule has 0 radical (unpaired) electrons. The van der Waals surface area contributed by atoms with Crippen LogP contribution in [0, 0.1) is 0 Å². The van der Waals surface area contributed by atoms with E-state index in [1.54, 1.807) is 0 Å². The lowest BCUT2D eigenvalue weighted by Gasteiger charge is -2.32. The predicted octanol–water partition coefficient (Wildman–Crippen LogP) is 2.79. The molecule has 2 aliphatic heterocycles. The summed E-state index contributed by atoms with van der Waals surface area (Å²) in [4.78, 5) is 12.7. The van der Waals surface area contributed by atoms with Gasteiger partial charge in [-0.15, -0.1) is 13.2 Å². The molecule has 160 valence electrons. The summed E-state index contributed by atoms with van der Waals surface area (Å²) in [5.74, 6) is -1.01. The molecule has 10 heteroatoms. The van der Waals surface area contributed by atoms with E-state index in [-0.39, 0.29) is 17.1 Å². The molecule has 1 aromatic carbocycles. The van der Waals surface area contributed by atoms with Crippen molar-refractivity contribution in [1.29, 1.82) is 0 Å². The van der Waals surface area contributed by atoms with Crippen molar-refractivity contribution in [3.05, 3.63) is 23.8 Å². The molecule has 2 heterocycles. The van der Waals surface area contributed by atoms with Gasteiger partial charge in [0.05, 0.1) is 23.9 Å². The fourth-order valence-electron chi connectivity index (χ4n) is 3.18. The third-order valence-electron chi connectivity index (χ3n) is 5.45. The number of hydrogen-bond donors (Lipinski definition) is 1. The standard InChI is InChI=1S/C19H25BF3NO5/c1-17(2)18(3,4)29-20(28-17)13-8-12(9-15(10-13)27-19(21,22)23)16(25)24-14-6-5-7-26-11-14/h8-10,14H,5-7,11H2,1-4H3,(H,24,25). The number of benzene rings is 1. The van der Waals surface area contributed by atoms with Crippen molar-refractivity contribution in [2.24, 2.45) is 0 Å². The van der Waals surface area contributed by atoms with E-state index in [1.165, 1.54) is 12.1 Å². The third-order valence-corrected chi connectivity index (χ3v) is 5.45. The van der Waals surface area contributed by atoms with Gasteiger partial charge in [0, 0.05) is 12.2 Å². The Balaban J connectivity index is 1.88. The normalized spacial score (nSPS) is 23.7. The molecule has 0 saturated carbocycles. The van der Waals surface area contributed by atoms with Crippen LogP contribution in [0.4, 0.5) is 13.2 Å². The molecule has 1 N–H and O–H groups in total. The van der Waals surface area contributed by atoms with E-state index in [0.29, 0.717) is 13.2 Å². The van der Waals surface area contributed by atoms with Crippen LogP contribution in [-0.2, 0) is 14.0 Å². The minimum absolute atomic E-state index is 0.0297. The summed E-state index contributed by atoms with van der Waals surface area (Å²) in [6, 6.07) is 3.51. The van der Waals surface area contributed by atoms with Crippen LogP contribution in [0.5, 0.6) is 5.75 Å². The minimum atomic E-state index is -4.89. The molecular weight excluding hydrogens is 390 g/mol. The molecule has 1 unspecified atom stereocenters. The SMILES string of the molecule is CC1(C)OB(c2cc(OC(F)(F)F)cc(C(=O)NC3CCCOC3)c2)OC1(C)C. The second-order valence-electron chi connectivity index (χ2n) is 8.31. The van der Waals surface area contributed by atoms with Crippen LogP contribution in [0.2, 0.25) is 0 Å². The Morgan fingerprint density at radius 1 is 1.17 bits per heavy atom. The molecular formula is C19H25BF3NO5. The highest BCUT2D eigenvalue weighted by molar-refractivity contribution is 6.62. The molecule has 29 heavy (non-hydrogen) atoms. The first-order chi connectivity index (χ1) is 13.4. The average molecular weight is 415 g/mol. The molecule has 0 aromatic heterocycles. The Morgan fingerprint density at radius 2 is 1.83 bits per heavy atom. The van der Waals surface area contributed by atoms with Crippen molar-refractivity contribution in [1.82, 2.24) is 5.32 Å². The van der Waals surface area contributed by atoms with Crippen LogP contribution in [-0.4, -0.2) is 49.8 Å². The summed E-state index contributed by atoms with van der Waals surface area (Å²) in [5, 5.41) is 2.79. The Labute approximate surface area is 168 Å². The average Bonchev–Trinajstić information content (AvgIpc) is 2.82. The lowest BCUT2D eigenvalue weighted by atomic mass is 9.78. The molecule has 1 aromatic rings. The van der Waals surface area contributed by atoms with Crippen LogP contribution < -0.4 is 15.5 Å². The van der Waals surface area contributed by atoms with E-state index in [2.05, 4.69) is 10.1 Å². The zero-order valence-electron chi connectivity index (χ0n) is 16.9. The van der Waals surface area contributed by atoms with Crippen molar-refractivity contribution in [3.8, 4) is 5.75 Å². The summed E-state index contributed by atoms with van der Waals surface area (Å²) in [6.07, 6.45) is -3.34. The molecule has 3 rings (SSSR count). The van der Waals surface area contributed by atoms with Gasteiger partial charge in [0.15, 0.2) is 0 Å². The number of alkyl halides is 3. The topological polar surface area (TPSA) is 66.0 Å². The third kappa shape index (κ3) is 5.23. The predicted molar refractivity (Wildman–Crippen MR) is 100 cm³/mol. The first kappa shape index (κ1) is 21.9. The van der Waals surface area contributed by atoms with Crippen molar-refractivity contribution in [2.45, 2.75) is 64.1 Å². The van der Waals surface area contributed by atoms with Gasteiger partial charge >= 0.3 is 13.5 Å². The summed E-state index contributed by atoms with van der Waals surface area (Å²) < 4.78 is 59.6. The minimum Gasteiger partial charge on any atom is -0.406 e. The van der Waals surface area contributed by atoms with Crippen molar-refractivity contribution in [2.75, 3.05) is 13.2 Å². The van der Waals surface area contributed by atoms with Crippen LogP contribution in [0.3, 0.4) is 0 Å². The number of carbonyl (C=O) groups excluding carboxylic acids is 1. The molecule has 2 aliphatic rings. The number of hydrogen-bond acceptors (Lipinski definition) is 5. The second-order valence-corrected chi connectivity index (χ2v) is 8.31. The second kappa shape index (κ2) is 7.81. The van der Waals surface area contributed by atoms with Gasteiger partial charge in [-0.05, 0) is 64.2 Å². The van der Waals surface area contributed by atoms with Gasteiger partial charge < -0.3 is 24.1 Å². The zero-order chi connectivity index (χ0) is 21.4. The molecule has 1 atom stereocenters. The van der Waals surface area contributed by atoms with E-state index >= 15 is 0 Å². The van der Waals surface area contributed by atoms with E-state index < -0.39 is 36.3 Å². The highest BCUT2D eigenvalue weighted by atomic mass is 19.4. The maximum absolute atomic E-state index is 12.8. The monoisotopic (exact) mass is 415 g/mol. The zero-order valence-corrected chi connectivity index (χ0v) is 16.9. The van der Waals surface area contributed by atoms with Gasteiger partial charge in [-0.1, -0.05) is 0 Å². The Kier molecular flexibility index (Phi) is 5.90. The number of nitrogens with one attached hydrogen (secondary N) is 1. The van der Waals surface area contributed by atoms with Gasteiger partial charge in [-0.3, -0.25) is 4.79 Å². The van der Waals surface area contributed by atoms with Crippen LogP contribution >= 0.6 is 0 Å². The van der Waals surface area contributed by atoms with E-state index in [9.17, 15) is 18.0 Å². The van der Waals surface area contributed by atoms with Gasteiger partial charge in [-0.25, -0.2) is 0 Å². The maximum Gasteiger partial charge on any atom is 0.573 e. The first-order valence-electron chi connectivity index (χ1n) is 9.51. The molecule has 2 fully saturated rings. The molecule has 0 aliphatic carbocycles. The van der Waals surface area contributed by atoms with Gasteiger partial charge in [0.2, 0.25) is 0 Å².